The number of nitrogens with zero attached hydrogens (tertiary/aromatic N) is 2. The summed E-state index contributed by atoms with van der Waals surface area (Å²) < 4.78 is 5.11. The fourth-order valence-electron chi connectivity index (χ4n) is 0.710. The molecule has 0 spiro atoms. The van der Waals surface area contributed by atoms with Crippen LogP contribution in [0.15, 0.2) is 4.34 Å². The van der Waals surface area contributed by atoms with Crippen molar-refractivity contribution in [1.29, 1.82) is 0 Å². The molecule has 5 heteroatoms. The average molecular weight is 204 g/mol. The van der Waals surface area contributed by atoms with Gasteiger partial charge in [0.05, 0.1) is 0 Å². The van der Waals surface area contributed by atoms with Gasteiger partial charge in [-0.25, -0.2) is 4.98 Å². The summed E-state index contributed by atoms with van der Waals surface area (Å²) in [7, 11) is 0. The van der Waals surface area contributed by atoms with E-state index >= 15 is 0 Å². The van der Waals surface area contributed by atoms with Crippen LogP contribution in [-0.2, 0) is 0 Å². The second-order valence-corrected chi connectivity index (χ2v) is 4.48. The Hall–Kier alpha value is -0.130. The van der Waals surface area contributed by atoms with Crippen LogP contribution in [0.3, 0.4) is 0 Å². The van der Waals surface area contributed by atoms with Crippen molar-refractivity contribution in [2.45, 2.75) is 24.1 Å². The third-order valence-electron chi connectivity index (χ3n) is 1.29. The Bertz CT molecular complexity index is 227. The van der Waals surface area contributed by atoms with Gasteiger partial charge in [-0.15, -0.1) is 0 Å². The third kappa shape index (κ3) is 3.51. The summed E-state index contributed by atoms with van der Waals surface area (Å²) >= 11 is 3.16. The lowest BCUT2D eigenvalue weighted by Gasteiger charge is -1.94. The lowest BCUT2D eigenvalue weighted by atomic mass is 10.4. The smallest absolute Gasteiger partial charge is 0.170 e. The number of hydrogen-bond donors (Lipinski definition) is 1. The van der Waals surface area contributed by atoms with E-state index in [1.165, 1.54) is 11.5 Å². The van der Waals surface area contributed by atoms with E-state index < -0.39 is 0 Å². The van der Waals surface area contributed by atoms with E-state index in [1.54, 1.807) is 11.8 Å². The Kier molecular flexibility index (Phi) is 4.57. The highest BCUT2D eigenvalue weighted by molar-refractivity contribution is 8.00. The topological polar surface area (TPSA) is 46.0 Å². The standard InChI is InChI=1S/C7H12N2OS2/c1-6-8-7(12-9-6)11-5-3-2-4-10/h10H,2-5H2,1H3. The molecule has 0 aromatic carbocycles. The van der Waals surface area contributed by atoms with Gasteiger partial charge in [-0.2, -0.15) is 4.37 Å². The first-order valence-electron chi connectivity index (χ1n) is 3.87. The molecule has 1 heterocycles. The van der Waals surface area contributed by atoms with E-state index in [-0.39, 0.29) is 6.61 Å². The summed E-state index contributed by atoms with van der Waals surface area (Å²) in [5, 5.41) is 8.53. The molecule has 0 saturated carbocycles. The number of unbranched alkanes of at least 4 members (excludes halogenated alkanes) is 1. The molecule has 0 atom stereocenters. The predicted molar refractivity (Wildman–Crippen MR) is 51.7 cm³/mol. The third-order valence-corrected chi connectivity index (χ3v) is 3.30. The summed E-state index contributed by atoms with van der Waals surface area (Å²) in [6.07, 6.45) is 1.92. The fraction of sp³-hybridized carbons (Fsp3) is 0.714. The first kappa shape index (κ1) is 9.95. The Labute approximate surface area is 80.4 Å². The molecule has 0 amide bonds. The molecule has 3 nitrogen and oxygen atoms in total. The van der Waals surface area contributed by atoms with Crippen LogP contribution in [0.4, 0.5) is 0 Å². The largest absolute Gasteiger partial charge is 0.396 e. The van der Waals surface area contributed by atoms with Gasteiger partial charge >= 0.3 is 0 Å². The zero-order valence-corrected chi connectivity index (χ0v) is 8.62. The second kappa shape index (κ2) is 5.50. The van der Waals surface area contributed by atoms with Gasteiger partial charge in [0.15, 0.2) is 4.34 Å². The van der Waals surface area contributed by atoms with Gasteiger partial charge in [0.25, 0.3) is 0 Å². The van der Waals surface area contributed by atoms with Crippen molar-refractivity contribution in [1.82, 2.24) is 9.36 Å². The Balaban J connectivity index is 2.15. The van der Waals surface area contributed by atoms with Crippen molar-refractivity contribution in [3.05, 3.63) is 5.82 Å². The van der Waals surface area contributed by atoms with Gasteiger partial charge < -0.3 is 5.11 Å². The van der Waals surface area contributed by atoms with Crippen molar-refractivity contribution in [3.8, 4) is 0 Å². The molecule has 0 aliphatic carbocycles. The van der Waals surface area contributed by atoms with Crippen LogP contribution in [-0.4, -0.2) is 26.8 Å². The molecule has 0 aliphatic heterocycles. The number of thioether (sulfide) groups is 1. The maximum Gasteiger partial charge on any atom is 0.170 e. The molecule has 12 heavy (non-hydrogen) atoms. The molecular formula is C7H12N2OS2. The van der Waals surface area contributed by atoms with E-state index in [0.29, 0.717) is 0 Å². The minimum Gasteiger partial charge on any atom is -0.396 e. The van der Waals surface area contributed by atoms with Crippen molar-refractivity contribution >= 4 is 23.3 Å². The summed E-state index contributed by atoms with van der Waals surface area (Å²) in [6.45, 7) is 2.18. The molecule has 1 N–H and O–H groups in total. The molecule has 1 aromatic rings. The maximum absolute atomic E-state index is 8.53. The molecule has 1 aromatic heterocycles. The zero-order chi connectivity index (χ0) is 8.81. The van der Waals surface area contributed by atoms with Gasteiger partial charge in [0.1, 0.15) is 5.82 Å². The van der Waals surface area contributed by atoms with Crippen molar-refractivity contribution in [2.24, 2.45) is 0 Å². The zero-order valence-electron chi connectivity index (χ0n) is 6.99. The average Bonchev–Trinajstić information content (AvgIpc) is 2.45. The van der Waals surface area contributed by atoms with E-state index in [0.717, 1.165) is 28.8 Å². The molecule has 0 unspecified atom stereocenters. The molecule has 0 fully saturated rings. The lowest BCUT2D eigenvalue weighted by molar-refractivity contribution is 0.287. The van der Waals surface area contributed by atoms with Gasteiger partial charge in [0, 0.05) is 12.4 Å². The van der Waals surface area contributed by atoms with Gasteiger partial charge in [0.2, 0.25) is 0 Å². The molecule has 0 saturated heterocycles. The Morgan fingerprint density at radius 3 is 2.92 bits per heavy atom. The highest BCUT2D eigenvalue weighted by atomic mass is 32.2. The second-order valence-electron chi connectivity index (χ2n) is 2.39. The van der Waals surface area contributed by atoms with Crippen LogP contribution < -0.4 is 0 Å². The lowest BCUT2D eigenvalue weighted by Crippen LogP contribution is -1.84. The molecule has 0 bridgehead atoms. The van der Waals surface area contributed by atoms with Crippen molar-refractivity contribution in [2.75, 3.05) is 12.4 Å². The minimum absolute atomic E-state index is 0.287. The Morgan fingerprint density at radius 1 is 1.50 bits per heavy atom. The molecular weight excluding hydrogens is 192 g/mol. The van der Waals surface area contributed by atoms with Crippen LogP contribution in [0.2, 0.25) is 0 Å². The Morgan fingerprint density at radius 2 is 2.33 bits per heavy atom. The number of hydrogen-bond acceptors (Lipinski definition) is 5. The van der Waals surface area contributed by atoms with Crippen LogP contribution in [0, 0.1) is 6.92 Å². The van der Waals surface area contributed by atoms with Crippen LogP contribution in [0.1, 0.15) is 18.7 Å². The van der Waals surface area contributed by atoms with Crippen LogP contribution in [0.5, 0.6) is 0 Å². The van der Waals surface area contributed by atoms with E-state index in [4.69, 9.17) is 5.11 Å². The first-order chi connectivity index (χ1) is 5.83. The molecule has 1 rings (SSSR count). The van der Waals surface area contributed by atoms with Gasteiger partial charge in [-0.05, 0) is 31.3 Å². The number of aromatic nitrogens is 2. The number of rotatable bonds is 5. The van der Waals surface area contributed by atoms with Crippen LogP contribution in [0.25, 0.3) is 0 Å². The predicted octanol–water partition coefficient (Wildman–Crippen LogP) is 1.71. The van der Waals surface area contributed by atoms with E-state index in [2.05, 4.69) is 9.36 Å². The maximum atomic E-state index is 8.53. The van der Waals surface area contributed by atoms with Gasteiger partial charge in [-0.1, -0.05) is 11.8 Å². The summed E-state index contributed by atoms with van der Waals surface area (Å²) in [4.78, 5) is 4.22. The summed E-state index contributed by atoms with van der Waals surface area (Å²) in [5.41, 5.74) is 0. The first-order valence-corrected chi connectivity index (χ1v) is 5.63. The monoisotopic (exact) mass is 204 g/mol. The molecule has 0 radical (unpaired) electrons. The SMILES string of the molecule is Cc1nsc(SCCCCO)n1. The quantitative estimate of drug-likeness (QED) is 0.586. The number of aliphatic hydroxyl groups is 1. The number of aryl methyl sites for hydroxylation is 1. The van der Waals surface area contributed by atoms with E-state index in [9.17, 15) is 0 Å². The van der Waals surface area contributed by atoms with Gasteiger partial charge in [-0.3, -0.25) is 0 Å². The molecule has 0 aliphatic rings. The van der Waals surface area contributed by atoms with Crippen LogP contribution >= 0.6 is 23.3 Å². The summed E-state index contributed by atoms with van der Waals surface area (Å²) in [5.74, 6) is 1.87. The van der Waals surface area contributed by atoms with Crippen molar-refractivity contribution in [3.63, 3.8) is 0 Å². The molecule has 68 valence electrons. The van der Waals surface area contributed by atoms with E-state index in [1.807, 2.05) is 6.92 Å². The highest BCUT2D eigenvalue weighted by Crippen LogP contribution is 2.20. The summed E-state index contributed by atoms with van der Waals surface area (Å²) in [6, 6.07) is 0. The highest BCUT2D eigenvalue weighted by Gasteiger charge is 1.99. The fourth-order valence-corrected chi connectivity index (χ4v) is 2.43. The minimum atomic E-state index is 0.287. The normalized spacial score (nSPS) is 10.5. The van der Waals surface area contributed by atoms with Crippen molar-refractivity contribution < 1.29 is 5.11 Å². The number of aliphatic hydroxyl groups excluding tert-OH is 1.